The zero-order valence-corrected chi connectivity index (χ0v) is 19.9. The molecule has 0 amide bonds. The minimum absolute atomic E-state index is 0.0712. The number of hydrogen-bond donors (Lipinski definition) is 2. The molecule has 0 aliphatic heterocycles. The lowest BCUT2D eigenvalue weighted by atomic mass is 9.76. The Bertz CT molecular complexity index is 1030. The van der Waals surface area contributed by atoms with Crippen LogP contribution in [-0.4, -0.2) is 52.1 Å². The summed E-state index contributed by atoms with van der Waals surface area (Å²) in [6.07, 6.45) is 1.12. The molecule has 0 radical (unpaired) electrons. The Hall–Kier alpha value is -2.69. The number of hydrogen-bond acceptors (Lipinski definition) is 4. The average Bonchev–Trinajstić information content (AvgIpc) is 3.25. The van der Waals surface area contributed by atoms with E-state index >= 15 is 0 Å². The fourth-order valence-corrected chi connectivity index (χ4v) is 5.35. The van der Waals surface area contributed by atoms with Gasteiger partial charge < -0.3 is 20.4 Å². The van der Waals surface area contributed by atoms with Crippen LogP contribution in [0.1, 0.15) is 61.7 Å². The molecule has 4 rings (SSSR count). The van der Waals surface area contributed by atoms with Gasteiger partial charge in [-0.1, -0.05) is 6.07 Å². The summed E-state index contributed by atoms with van der Waals surface area (Å²) in [5, 5.41) is 2.92. The minimum Gasteiger partial charge on any atom is -0.379 e. The zero-order valence-electron chi connectivity index (χ0n) is 19.9. The molecule has 35 heavy (non-hydrogen) atoms. The van der Waals surface area contributed by atoms with E-state index in [1.807, 2.05) is 13.1 Å². The maximum Gasteiger partial charge on any atom is 0.391 e. The van der Waals surface area contributed by atoms with E-state index in [9.17, 15) is 17.6 Å². The van der Waals surface area contributed by atoms with Crippen molar-refractivity contribution in [3.05, 3.63) is 42.1 Å². The van der Waals surface area contributed by atoms with Crippen molar-refractivity contribution in [3.8, 4) is 0 Å². The molecule has 6 atom stereocenters. The molecule has 0 saturated heterocycles. The number of pyridine rings is 1. The van der Waals surface area contributed by atoms with Crippen LogP contribution in [0.2, 0.25) is 0 Å². The van der Waals surface area contributed by atoms with Gasteiger partial charge in [-0.2, -0.15) is 13.2 Å². The summed E-state index contributed by atoms with van der Waals surface area (Å²) in [5.41, 5.74) is 7.50. The Morgan fingerprint density at radius 2 is 2.00 bits per heavy atom. The molecular formula is C24H32F4N6O. The first-order valence-electron chi connectivity index (χ1n) is 11.9. The average molecular weight is 497 g/mol. The second-order valence-corrected chi connectivity index (χ2v) is 9.53. The first-order valence-corrected chi connectivity index (χ1v) is 11.9. The quantitative estimate of drug-likeness (QED) is 0.349. The minimum atomic E-state index is -4.35. The number of aromatic nitrogens is 3. The molecule has 192 valence electrons. The van der Waals surface area contributed by atoms with Crippen molar-refractivity contribution in [3.63, 3.8) is 0 Å². The van der Waals surface area contributed by atoms with Crippen LogP contribution in [0, 0.1) is 12.8 Å². The molecule has 2 saturated carbocycles. The summed E-state index contributed by atoms with van der Waals surface area (Å²) >= 11 is 0. The van der Waals surface area contributed by atoms with Crippen molar-refractivity contribution in [1.82, 2.24) is 14.5 Å². The van der Waals surface area contributed by atoms with Crippen molar-refractivity contribution in [1.29, 1.82) is 0 Å². The number of nitrogens with zero attached hydrogens (tertiary/aromatic N) is 4. The van der Waals surface area contributed by atoms with Gasteiger partial charge in [-0.05, 0) is 51.5 Å². The summed E-state index contributed by atoms with van der Waals surface area (Å²) in [5.74, 6) is -2.10. The third kappa shape index (κ3) is 5.94. The second-order valence-electron chi connectivity index (χ2n) is 9.53. The van der Waals surface area contributed by atoms with E-state index in [0.717, 1.165) is 18.5 Å². The summed E-state index contributed by atoms with van der Waals surface area (Å²) in [7, 11) is 1.67. The fraction of sp³-hybridized carbons (Fsp3) is 0.625. The van der Waals surface area contributed by atoms with Crippen LogP contribution < -0.4 is 11.1 Å². The van der Waals surface area contributed by atoms with Crippen LogP contribution in [0.4, 0.5) is 23.4 Å². The van der Waals surface area contributed by atoms with Crippen LogP contribution in [0.5, 0.6) is 0 Å². The van der Waals surface area contributed by atoms with E-state index in [-0.39, 0.29) is 49.2 Å². The van der Waals surface area contributed by atoms with Gasteiger partial charge in [0.05, 0.1) is 36.1 Å². The van der Waals surface area contributed by atoms with Gasteiger partial charge in [0.15, 0.2) is 5.96 Å². The molecule has 3 N–H and O–H groups in total. The molecule has 2 aromatic rings. The molecule has 2 heterocycles. The van der Waals surface area contributed by atoms with Crippen molar-refractivity contribution >= 4 is 11.8 Å². The molecule has 6 unspecified atom stereocenters. The molecule has 2 aromatic heterocycles. The van der Waals surface area contributed by atoms with Crippen LogP contribution in [0.3, 0.4) is 0 Å². The highest BCUT2D eigenvalue weighted by Gasteiger charge is 2.46. The largest absolute Gasteiger partial charge is 0.391 e. The van der Waals surface area contributed by atoms with Gasteiger partial charge in [0.2, 0.25) is 0 Å². The number of alkyl halides is 4. The van der Waals surface area contributed by atoms with E-state index in [2.05, 4.69) is 24.8 Å². The topological polar surface area (TPSA) is 90.4 Å². The predicted molar refractivity (Wildman–Crippen MR) is 125 cm³/mol. The van der Waals surface area contributed by atoms with Crippen LogP contribution >= 0.6 is 0 Å². The monoisotopic (exact) mass is 496 g/mol. The molecular weight excluding hydrogens is 464 g/mol. The standard InChI is InChI=1S/C24H32F4N6O/c1-14-12-34(13-31-14)20-8-6-16(11-21(20)35-2)32-23(29)33-22-17(4-3-9-30-22)18-10-15(24(26,27)28)5-7-19(18)25/h3-4,9,12-13,15-16,18-21H,5-8,10-11H2,1-2H3,(H3,29,30,32,33). The van der Waals surface area contributed by atoms with Crippen LogP contribution in [0.25, 0.3) is 0 Å². The number of aliphatic imine (C=N–C) groups is 1. The Morgan fingerprint density at radius 1 is 1.20 bits per heavy atom. The van der Waals surface area contributed by atoms with E-state index in [4.69, 9.17) is 10.5 Å². The third-order valence-corrected chi connectivity index (χ3v) is 7.18. The summed E-state index contributed by atoms with van der Waals surface area (Å²) in [4.78, 5) is 13.1. The Kier molecular flexibility index (Phi) is 7.63. The first kappa shape index (κ1) is 25.4. The molecule has 0 aromatic carbocycles. The van der Waals surface area contributed by atoms with Gasteiger partial charge in [-0.25, -0.2) is 19.4 Å². The van der Waals surface area contributed by atoms with Crippen LogP contribution in [-0.2, 0) is 4.74 Å². The number of aryl methyl sites for hydroxylation is 1. The molecule has 2 aliphatic carbocycles. The first-order chi connectivity index (χ1) is 16.7. The molecule has 2 aliphatic rings. The Balaban J connectivity index is 1.46. The van der Waals surface area contributed by atoms with Gasteiger partial charge in [-0.15, -0.1) is 0 Å². The molecule has 11 heteroatoms. The van der Waals surface area contributed by atoms with Crippen LogP contribution in [0.15, 0.2) is 35.8 Å². The number of anilines is 1. The highest BCUT2D eigenvalue weighted by Crippen LogP contribution is 2.46. The smallest absolute Gasteiger partial charge is 0.379 e. The fourth-order valence-electron chi connectivity index (χ4n) is 5.35. The molecule has 0 bridgehead atoms. The highest BCUT2D eigenvalue weighted by atomic mass is 19.4. The van der Waals surface area contributed by atoms with Gasteiger partial charge in [-0.3, -0.25) is 0 Å². The van der Waals surface area contributed by atoms with E-state index in [0.29, 0.717) is 12.0 Å². The number of imidazole rings is 1. The Labute approximate surface area is 202 Å². The number of halogens is 4. The lowest BCUT2D eigenvalue weighted by molar-refractivity contribution is -0.186. The van der Waals surface area contributed by atoms with E-state index in [1.54, 1.807) is 25.6 Å². The molecule has 2 fully saturated rings. The second kappa shape index (κ2) is 10.5. The van der Waals surface area contributed by atoms with E-state index in [1.165, 1.54) is 6.20 Å². The summed E-state index contributed by atoms with van der Waals surface area (Å²) in [6, 6.07) is 3.26. The third-order valence-electron chi connectivity index (χ3n) is 7.18. The Morgan fingerprint density at radius 3 is 2.69 bits per heavy atom. The van der Waals surface area contributed by atoms with E-state index < -0.39 is 24.2 Å². The normalized spacial score (nSPS) is 30.3. The lowest BCUT2D eigenvalue weighted by Crippen LogP contribution is -2.36. The highest BCUT2D eigenvalue weighted by molar-refractivity contribution is 5.92. The summed E-state index contributed by atoms with van der Waals surface area (Å²) < 4.78 is 62.5. The van der Waals surface area contributed by atoms with Crippen molar-refractivity contribution in [2.45, 2.75) is 81.9 Å². The van der Waals surface area contributed by atoms with Crippen molar-refractivity contribution in [2.24, 2.45) is 16.6 Å². The summed E-state index contributed by atoms with van der Waals surface area (Å²) in [6.45, 7) is 1.94. The van der Waals surface area contributed by atoms with Gasteiger partial charge in [0, 0.05) is 31.0 Å². The number of methoxy groups -OCH3 is 1. The zero-order chi connectivity index (χ0) is 25.2. The van der Waals surface area contributed by atoms with Gasteiger partial charge in [0.1, 0.15) is 12.0 Å². The number of guanidine groups is 1. The number of ether oxygens (including phenoxy) is 1. The maximum atomic E-state index is 14.7. The van der Waals surface area contributed by atoms with Gasteiger partial charge >= 0.3 is 6.18 Å². The lowest BCUT2D eigenvalue weighted by Gasteiger charge is -2.35. The van der Waals surface area contributed by atoms with Gasteiger partial charge in [0.25, 0.3) is 0 Å². The SMILES string of the molecule is COC1CC(N=C(N)Nc2ncccc2C2CC(C(F)(F)F)CCC2F)CCC1n1cnc(C)c1. The molecule has 7 nitrogen and oxygen atoms in total. The molecule has 0 spiro atoms. The van der Waals surface area contributed by atoms with Crippen molar-refractivity contribution in [2.75, 3.05) is 12.4 Å². The number of nitrogens with two attached hydrogens (primary N) is 1. The number of rotatable bonds is 5. The number of nitrogens with one attached hydrogen (secondary N) is 1. The maximum absolute atomic E-state index is 14.7. The predicted octanol–water partition coefficient (Wildman–Crippen LogP) is 4.91. The van der Waals surface area contributed by atoms with Crippen molar-refractivity contribution < 1.29 is 22.3 Å².